The van der Waals surface area contributed by atoms with Crippen LogP contribution in [0, 0.1) is 16.7 Å². The summed E-state index contributed by atoms with van der Waals surface area (Å²) in [6.07, 6.45) is 5.79. The van der Waals surface area contributed by atoms with Gasteiger partial charge >= 0.3 is 0 Å². The average molecular weight is 206 g/mol. The zero-order valence-electron chi connectivity index (χ0n) is 9.40. The molecule has 0 radical (unpaired) electrons. The molecular weight excluding hydrogens is 188 g/mol. The molecule has 0 amide bonds. The maximum absolute atomic E-state index is 8.89. The molecule has 0 aliphatic rings. The lowest BCUT2D eigenvalue weighted by Crippen LogP contribution is -2.09. The van der Waals surface area contributed by atoms with Crippen molar-refractivity contribution in [3.8, 4) is 6.07 Å². The summed E-state index contributed by atoms with van der Waals surface area (Å²) in [7, 11) is 0. The van der Waals surface area contributed by atoms with E-state index in [2.05, 4.69) is 10.6 Å². The van der Waals surface area contributed by atoms with Crippen molar-refractivity contribution in [3.63, 3.8) is 0 Å². The number of aromatic nitrogens is 1. The molecule has 0 aromatic carbocycles. The van der Waals surface area contributed by atoms with E-state index in [1.807, 2.05) is 32.3 Å². The molecule has 15 heavy (non-hydrogen) atoms. The van der Waals surface area contributed by atoms with Gasteiger partial charge in [0, 0.05) is 18.9 Å². The number of hydrogen-bond donors (Lipinski definition) is 1. The minimum Gasteiger partial charge on any atom is -0.392 e. The van der Waals surface area contributed by atoms with Crippen molar-refractivity contribution in [2.75, 3.05) is 0 Å². The first kappa shape index (κ1) is 11.8. The summed E-state index contributed by atoms with van der Waals surface area (Å²) in [5.74, 6) is 0. The van der Waals surface area contributed by atoms with Gasteiger partial charge in [-0.1, -0.05) is 0 Å². The van der Waals surface area contributed by atoms with E-state index in [-0.39, 0.29) is 12.0 Å². The molecular formula is C12H18N2O. The Hall–Kier alpha value is -1.27. The minimum atomic E-state index is -0.229. The van der Waals surface area contributed by atoms with E-state index < -0.39 is 0 Å². The van der Waals surface area contributed by atoms with Gasteiger partial charge < -0.3 is 9.67 Å². The molecule has 1 N–H and O–H groups in total. The van der Waals surface area contributed by atoms with Gasteiger partial charge in [-0.2, -0.15) is 5.26 Å². The second kappa shape index (κ2) is 4.99. The van der Waals surface area contributed by atoms with Gasteiger partial charge in [-0.3, -0.25) is 0 Å². The Kier molecular flexibility index (Phi) is 3.93. The monoisotopic (exact) mass is 206 g/mol. The van der Waals surface area contributed by atoms with Crippen LogP contribution in [0.4, 0.5) is 0 Å². The molecule has 0 bridgehead atoms. The fraction of sp³-hybridized carbons (Fsp3) is 0.583. The van der Waals surface area contributed by atoms with E-state index in [9.17, 15) is 0 Å². The number of aryl methyl sites for hydroxylation is 1. The van der Waals surface area contributed by atoms with Crippen molar-refractivity contribution in [1.82, 2.24) is 4.57 Å². The summed E-state index contributed by atoms with van der Waals surface area (Å²) in [5, 5.41) is 17.7. The van der Waals surface area contributed by atoms with Crippen molar-refractivity contribution in [2.45, 2.75) is 39.8 Å². The Morgan fingerprint density at radius 3 is 2.80 bits per heavy atom. The Balaban J connectivity index is 2.35. The number of nitrogens with zero attached hydrogens (tertiary/aromatic N) is 2. The molecule has 1 heterocycles. The second-order valence-corrected chi connectivity index (χ2v) is 4.51. The van der Waals surface area contributed by atoms with Gasteiger partial charge in [0.2, 0.25) is 0 Å². The Labute approximate surface area is 91.0 Å². The maximum Gasteiger partial charge on any atom is 0.0696 e. The second-order valence-electron chi connectivity index (χ2n) is 4.51. The standard InChI is InChI=1S/C12H18N2O/c1-12(2,10-13)5-3-6-14-7-4-11(8-14)9-15/h4,7-8,15H,3,5-6,9H2,1-2H3. The Bertz CT molecular complexity index is 347. The first-order valence-electron chi connectivity index (χ1n) is 5.24. The van der Waals surface area contributed by atoms with Gasteiger partial charge in [0.25, 0.3) is 0 Å². The Morgan fingerprint density at radius 2 is 2.27 bits per heavy atom. The fourth-order valence-electron chi connectivity index (χ4n) is 1.48. The number of rotatable bonds is 5. The zero-order chi connectivity index (χ0) is 11.3. The predicted molar refractivity (Wildman–Crippen MR) is 59.0 cm³/mol. The molecule has 0 spiro atoms. The van der Waals surface area contributed by atoms with E-state index in [1.165, 1.54) is 0 Å². The SMILES string of the molecule is CC(C)(C#N)CCCn1ccc(CO)c1. The van der Waals surface area contributed by atoms with Crippen LogP contribution in [0.1, 0.15) is 32.3 Å². The summed E-state index contributed by atoms with van der Waals surface area (Å²) in [5.41, 5.74) is 0.710. The van der Waals surface area contributed by atoms with Crippen molar-refractivity contribution in [3.05, 3.63) is 24.0 Å². The zero-order valence-corrected chi connectivity index (χ0v) is 9.40. The highest BCUT2D eigenvalue weighted by atomic mass is 16.3. The molecule has 3 nitrogen and oxygen atoms in total. The van der Waals surface area contributed by atoms with Crippen LogP contribution < -0.4 is 0 Å². The normalized spacial score (nSPS) is 11.3. The van der Waals surface area contributed by atoms with Crippen LogP contribution in [0.3, 0.4) is 0 Å². The minimum absolute atomic E-state index is 0.0939. The number of aliphatic hydroxyl groups is 1. The molecule has 0 aliphatic carbocycles. The third-order valence-electron chi connectivity index (χ3n) is 2.52. The van der Waals surface area contributed by atoms with E-state index in [1.54, 1.807) is 0 Å². The highest BCUT2D eigenvalue weighted by Crippen LogP contribution is 2.21. The summed E-state index contributed by atoms with van der Waals surface area (Å²) >= 11 is 0. The highest BCUT2D eigenvalue weighted by molar-refractivity contribution is 5.08. The lowest BCUT2D eigenvalue weighted by Gasteiger charge is -2.14. The molecule has 0 unspecified atom stereocenters. The topological polar surface area (TPSA) is 49.0 Å². The van der Waals surface area contributed by atoms with Gasteiger partial charge in [-0.05, 0) is 38.3 Å². The van der Waals surface area contributed by atoms with Crippen molar-refractivity contribution in [1.29, 1.82) is 5.26 Å². The van der Waals surface area contributed by atoms with E-state index in [0.717, 1.165) is 24.9 Å². The number of nitriles is 1. The molecule has 1 rings (SSSR count). The lowest BCUT2D eigenvalue weighted by molar-refractivity contribution is 0.281. The largest absolute Gasteiger partial charge is 0.392 e. The summed E-state index contributed by atoms with van der Waals surface area (Å²) in [6, 6.07) is 4.21. The van der Waals surface area contributed by atoms with Gasteiger partial charge in [-0.25, -0.2) is 0 Å². The molecule has 0 saturated heterocycles. The molecule has 1 aromatic rings. The summed E-state index contributed by atoms with van der Waals surface area (Å²) in [6.45, 7) is 4.92. The molecule has 0 fully saturated rings. The molecule has 0 saturated carbocycles. The highest BCUT2D eigenvalue weighted by Gasteiger charge is 2.15. The van der Waals surface area contributed by atoms with Crippen LogP contribution in [0.2, 0.25) is 0 Å². The number of aliphatic hydroxyl groups excluding tert-OH is 1. The van der Waals surface area contributed by atoms with E-state index in [0.29, 0.717) is 0 Å². The maximum atomic E-state index is 8.89. The molecule has 0 aliphatic heterocycles. The van der Waals surface area contributed by atoms with Crippen LogP contribution >= 0.6 is 0 Å². The van der Waals surface area contributed by atoms with Crippen LogP contribution in [0.25, 0.3) is 0 Å². The molecule has 3 heteroatoms. The van der Waals surface area contributed by atoms with Crippen molar-refractivity contribution >= 4 is 0 Å². The Morgan fingerprint density at radius 1 is 1.53 bits per heavy atom. The summed E-state index contributed by atoms with van der Waals surface area (Å²) < 4.78 is 2.05. The van der Waals surface area contributed by atoms with Gasteiger partial charge in [0.1, 0.15) is 0 Å². The van der Waals surface area contributed by atoms with Crippen LogP contribution in [0.5, 0.6) is 0 Å². The van der Waals surface area contributed by atoms with Crippen molar-refractivity contribution in [2.24, 2.45) is 5.41 Å². The van der Waals surface area contributed by atoms with E-state index in [4.69, 9.17) is 10.4 Å². The third-order valence-corrected chi connectivity index (χ3v) is 2.52. The van der Waals surface area contributed by atoms with Gasteiger partial charge in [0.15, 0.2) is 0 Å². The third kappa shape index (κ3) is 3.77. The van der Waals surface area contributed by atoms with Crippen LogP contribution in [0.15, 0.2) is 18.5 Å². The number of hydrogen-bond acceptors (Lipinski definition) is 2. The van der Waals surface area contributed by atoms with Crippen molar-refractivity contribution < 1.29 is 5.11 Å². The molecule has 82 valence electrons. The molecule has 0 atom stereocenters. The van der Waals surface area contributed by atoms with E-state index >= 15 is 0 Å². The first-order valence-corrected chi connectivity index (χ1v) is 5.24. The smallest absolute Gasteiger partial charge is 0.0696 e. The van der Waals surface area contributed by atoms with Crippen LogP contribution in [-0.4, -0.2) is 9.67 Å². The van der Waals surface area contributed by atoms with Crippen LogP contribution in [-0.2, 0) is 13.2 Å². The summed E-state index contributed by atoms with van der Waals surface area (Å²) in [4.78, 5) is 0. The predicted octanol–water partition coefficient (Wildman–Crippen LogP) is 2.31. The first-order chi connectivity index (χ1) is 7.07. The quantitative estimate of drug-likeness (QED) is 0.803. The van der Waals surface area contributed by atoms with Gasteiger partial charge in [-0.15, -0.1) is 0 Å². The molecule has 1 aromatic heterocycles. The van der Waals surface area contributed by atoms with Gasteiger partial charge in [0.05, 0.1) is 18.1 Å². The lowest BCUT2D eigenvalue weighted by atomic mass is 9.90. The average Bonchev–Trinajstić information content (AvgIpc) is 2.66. The fourth-order valence-corrected chi connectivity index (χ4v) is 1.48.